The molecule has 0 amide bonds. The van der Waals surface area contributed by atoms with Crippen LogP contribution in [-0.2, 0) is 19.9 Å². The molecule has 1 heterocycles. The second kappa shape index (κ2) is 6.24. The summed E-state index contributed by atoms with van der Waals surface area (Å²) >= 11 is 5.99. The zero-order chi connectivity index (χ0) is 15.7. The first-order valence-electron chi connectivity index (χ1n) is 6.73. The normalized spacial score (nSPS) is 18.4. The Kier molecular flexibility index (Phi) is 4.97. The van der Waals surface area contributed by atoms with Gasteiger partial charge >= 0.3 is 0 Å². The molecule has 1 aromatic carbocycles. The molecule has 8 heteroatoms. The molecule has 0 unspecified atom stereocenters. The lowest BCUT2D eigenvalue weighted by Gasteiger charge is -2.20. The van der Waals surface area contributed by atoms with E-state index in [9.17, 15) is 16.8 Å². The molecule has 0 aliphatic carbocycles. The lowest BCUT2D eigenvalue weighted by Crippen LogP contribution is -2.32. The van der Waals surface area contributed by atoms with Gasteiger partial charge in [0.15, 0.2) is 9.84 Å². The molecular weight excluding hydrogens is 334 g/mol. The van der Waals surface area contributed by atoms with E-state index in [0.717, 1.165) is 38.0 Å². The summed E-state index contributed by atoms with van der Waals surface area (Å²) in [5, 5.41) is 0.0478. The molecular formula is C13H18ClNO4S2. The predicted octanol–water partition coefficient (Wildman–Crippen LogP) is 2.31. The molecule has 0 bridgehead atoms. The van der Waals surface area contributed by atoms with Gasteiger partial charge in [-0.15, -0.1) is 0 Å². The van der Waals surface area contributed by atoms with Crippen LogP contribution in [0.1, 0.15) is 25.7 Å². The fourth-order valence-electron chi connectivity index (χ4n) is 2.33. The Morgan fingerprint density at radius 3 is 2.10 bits per heavy atom. The summed E-state index contributed by atoms with van der Waals surface area (Å²) in [6, 6.07) is 3.79. The zero-order valence-corrected chi connectivity index (χ0v) is 14.1. The van der Waals surface area contributed by atoms with E-state index in [4.69, 9.17) is 11.6 Å². The number of nitrogens with zero attached hydrogens (tertiary/aromatic N) is 1. The largest absolute Gasteiger partial charge is 0.244 e. The number of halogens is 1. The quantitative estimate of drug-likeness (QED) is 0.837. The highest BCUT2D eigenvalue weighted by atomic mass is 35.5. The summed E-state index contributed by atoms with van der Waals surface area (Å²) in [6.07, 6.45) is 4.66. The third kappa shape index (κ3) is 3.77. The molecule has 1 fully saturated rings. The Labute approximate surface area is 130 Å². The van der Waals surface area contributed by atoms with Crippen LogP contribution in [-0.4, -0.2) is 40.5 Å². The van der Waals surface area contributed by atoms with Crippen molar-refractivity contribution in [3.63, 3.8) is 0 Å². The summed E-state index contributed by atoms with van der Waals surface area (Å²) < 4.78 is 50.0. The van der Waals surface area contributed by atoms with Gasteiger partial charge in [0.05, 0.1) is 9.92 Å². The Morgan fingerprint density at radius 2 is 1.57 bits per heavy atom. The maximum absolute atomic E-state index is 12.7. The van der Waals surface area contributed by atoms with E-state index in [1.165, 1.54) is 16.4 Å². The van der Waals surface area contributed by atoms with Crippen molar-refractivity contribution >= 4 is 31.5 Å². The third-order valence-corrected chi connectivity index (χ3v) is 7.00. The Balaban J connectivity index is 2.48. The topological polar surface area (TPSA) is 71.5 Å². The fraction of sp³-hybridized carbons (Fsp3) is 0.538. The molecule has 0 N–H and O–H groups in total. The van der Waals surface area contributed by atoms with Gasteiger partial charge in [-0.1, -0.05) is 24.4 Å². The molecule has 1 saturated heterocycles. The van der Waals surface area contributed by atoms with Gasteiger partial charge in [0, 0.05) is 19.3 Å². The monoisotopic (exact) mass is 351 g/mol. The van der Waals surface area contributed by atoms with E-state index in [1.54, 1.807) is 0 Å². The molecule has 1 aliphatic rings. The number of sulfone groups is 1. The second-order valence-electron chi connectivity index (χ2n) is 5.18. The molecule has 0 saturated carbocycles. The maximum atomic E-state index is 12.7. The van der Waals surface area contributed by atoms with Crippen LogP contribution < -0.4 is 0 Å². The van der Waals surface area contributed by atoms with Gasteiger partial charge < -0.3 is 0 Å². The number of sulfonamides is 1. The Hall–Kier alpha value is -0.630. The van der Waals surface area contributed by atoms with Crippen LogP contribution in [0.25, 0.3) is 0 Å². The third-order valence-electron chi connectivity index (χ3n) is 3.51. The van der Waals surface area contributed by atoms with Crippen LogP contribution in [0.5, 0.6) is 0 Å². The Morgan fingerprint density at radius 1 is 1.00 bits per heavy atom. The minimum absolute atomic E-state index is 0.0414. The van der Waals surface area contributed by atoms with Crippen LogP contribution in [0, 0.1) is 0 Å². The Bertz CT molecular complexity index is 721. The molecule has 0 spiro atoms. The molecule has 0 radical (unpaired) electrons. The molecule has 21 heavy (non-hydrogen) atoms. The SMILES string of the molecule is CS(=O)(=O)c1ccc(Cl)c(S(=O)(=O)N2CCCCCC2)c1. The lowest BCUT2D eigenvalue weighted by molar-refractivity contribution is 0.423. The fourth-order valence-corrected chi connectivity index (χ4v) is 5.07. The van der Waals surface area contributed by atoms with E-state index < -0.39 is 19.9 Å². The molecule has 1 aliphatic heterocycles. The van der Waals surface area contributed by atoms with Gasteiger partial charge in [-0.25, -0.2) is 16.8 Å². The highest BCUT2D eigenvalue weighted by molar-refractivity contribution is 7.91. The highest BCUT2D eigenvalue weighted by Gasteiger charge is 2.28. The number of benzene rings is 1. The van der Waals surface area contributed by atoms with Crippen LogP contribution in [0.4, 0.5) is 0 Å². The van der Waals surface area contributed by atoms with Crippen LogP contribution in [0.3, 0.4) is 0 Å². The summed E-state index contributed by atoms with van der Waals surface area (Å²) in [5.41, 5.74) is 0. The van der Waals surface area contributed by atoms with E-state index >= 15 is 0 Å². The summed E-state index contributed by atoms with van der Waals surface area (Å²) in [4.78, 5) is -0.172. The van der Waals surface area contributed by atoms with Crippen molar-refractivity contribution in [3.8, 4) is 0 Å². The van der Waals surface area contributed by atoms with Crippen molar-refractivity contribution in [2.24, 2.45) is 0 Å². The zero-order valence-electron chi connectivity index (χ0n) is 11.7. The van der Waals surface area contributed by atoms with Crippen molar-refractivity contribution in [3.05, 3.63) is 23.2 Å². The van der Waals surface area contributed by atoms with E-state index in [-0.39, 0.29) is 14.8 Å². The van der Waals surface area contributed by atoms with Crippen molar-refractivity contribution < 1.29 is 16.8 Å². The summed E-state index contributed by atoms with van der Waals surface area (Å²) in [5.74, 6) is 0. The number of rotatable bonds is 3. The standard InChI is InChI=1S/C13H18ClNO4S2/c1-20(16,17)11-6-7-12(14)13(10-11)21(18,19)15-8-4-2-3-5-9-15/h6-7,10H,2-5,8-9H2,1H3. The summed E-state index contributed by atoms with van der Waals surface area (Å²) in [7, 11) is -7.24. The van der Waals surface area contributed by atoms with Gasteiger partial charge in [-0.2, -0.15) is 4.31 Å². The first-order valence-corrected chi connectivity index (χ1v) is 10.4. The first-order chi connectivity index (χ1) is 9.73. The minimum Gasteiger partial charge on any atom is -0.224 e. The van der Waals surface area contributed by atoms with Crippen LogP contribution >= 0.6 is 11.6 Å². The van der Waals surface area contributed by atoms with Crippen molar-refractivity contribution in [1.29, 1.82) is 0 Å². The van der Waals surface area contributed by atoms with Crippen LogP contribution in [0.2, 0.25) is 5.02 Å². The first kappa shape index (κ1) is 16.7. The van der Waals surface area contributed by atoms with Crippen LogP contribution in [0.15, 0.2) is 28.0 Å². The minimum atomic E-state index is -3.76. The second-order valence-corrected chi connectivity index (χ2v) is 9.51. The molecule has 2 rings (SSSR count). The number of hydrogen-bond acceptors (Lipinski definition) is 4. The average Bonchev–Trinajstić information content (AvgIpc) is 2.66. The number of hydrogen-bond donors (Lipinski definition) is 0. The summed E-state index contributed by atoms with van der Waals surface area (Å²) in [6.45, 7) is 0.892. The lowest BCUT2D eigenvalue weighted by atomic mass is 10.2. The van der Waals surface area contributed by atoms with Gasteiger partial charge in [-0.05, 0) is 31.0 Å². The molecule has 5 nitrogen and oxygen atoms in total. The highest BCUT2D eigenvalue weighted by Crippen LogP contribution is 2.28. The average molecular weight is 352 g/mol. The van der Waals surface area contributed by atoms with Gasteiger partial charge in [0.2, 0.25) is 10.0 Å². The van der Waals surface area contributed by atoms with E-state index in [2.05, 4.69) is 0 Å². The van der Waals surface area contributed by atoms with Gasteiger partial charge in [0.1, 0.15) is 4.90 Å². The van der Waals surface area contributed by atoms with E-state index in [1.807, 2.05) is 0 Å². The maximum Gasteiger partial charge on any atom is 0.244 e. The van der Waals surface area contributed by atoms with Crippen molar-refractivity contribution in [1.82, 2.24) is 4.31 Å². The molecule has 118 valence electrons. The smallest absolute Gasteiger partial charge is 0.224 e. The molecule has 0 aromatic heterocycles. The van der Waals surface area contributed by atoms with E-state index in [0.29, 0.717) is 13.1 Å². The predicted molar refractivity (Wildman–Crippen MR) is 81.8 cm³/mol. The van der Waals surface area contributed by atoms with Crippen molar-refractivity contribution in [2.75, 3.05) is 19.3 Å². The van der Waals surface area contributed by atoms with Gasteiger partial charge in [0.25, 0.3) is 0 Å². The molecule has 1 aromatic rings. The van der Waals surface area contributed by atoms with Gasteiger partial charge in [-0.3, -0.25) is 0 Å². The van der Waals surface area contributed by atoms with Crippen molar-refractivity contribution in [2.45, 2.75) is 35.5 Å². The molecule has 0 atom stereocenters.